The molecule has 0 N–H and O–H groups in total. The monoisotopic (exact) mass is 248 g/mol. The molecule has 1 saturated heterocycles. The van der Waals surface area contributed by atoms with E-state index in [-0.39, 0.29) is 12.1 Å². The Bertz CT molecular complexity index is 375. The third-order valence-electron chi connectivity index (χ3n) is 3.38. The van der Waals surface area contributed by atoms with E-state index in [2.05, 4.69) is 6.92 Å². The number of ether oxygens (including phenoxy) is 2. The highest BCUT2D eigenvalue weighted by atomic mass is 16.5. The zero-order chi connectivity index (χ0) is 12.8. The summed E-state index contributed by atoms with van der Waals surface area (Å²) in [5.74, 6) is 0.379. The average molecular weight is 248 g/mol. The maximum Gasteiger partial charge on any atom is 0.306 e. The van der Waals surface area contributed by atoms with E-state index >= 15 is 0 Å². The molecule has 2 atom stereocenters. The zero-order valence-corrected chi connectivity index (χ0v) is 10.8. The van der Waals surface area contributed by atoms with Gasteiger partial charge in [-0.3, -0.25) is 4.79 Å². The van der Waals surface area contributed by atoms with Gasteiger partial charge >= 0.3 is 5.97 Å². The van der Waals surface area contributed by atoms with Crippen LogP contribution in [0.4, 0.5) is 0 Å². The Balaban J connectivity index is 1.67. The van der Waals surface area contributed by atoms with Crippen molar-refractivity contribution < 1.29 is 14.3 Å². The Morgan fingerprint density at radius 2 is 2.11 bits per heavy atom. The molecule has 2 rings (SSSR count). The third-order valence-corrected chi connectivity index (χ3v) is 3.38. The van der Waals surface area contributed by atoms with Crippen molar-refractivity contribution in [1.82, 2.24) is 0 Å². The molecule has 1 aromatic carbocycles. The van der Waals surface area contributed by atoms with Crippen molar-refractivity contribution in [2.45, 2.75) is 38.9 Å². The number of rotatable bonds is 5. The average Bonchev–Trinajstić information content (AvgIpc) is 2.40. The first-order chi connectivity index (χ1) is 8.75. The Hall–Kier alpha value is -1.35. The summed E-state index contributed by atoms with van der Waals surface area (Å²) < 4.78 is 10.9. The van der Waals surface area contributed by atoms with Gasteiger partial charge in [0.1, 0.15) is 6.10 Å². The van der Waals surface area contributed by atoms with Crippen LogP contribution in [0.2, 0.25) is 0 Å². The second-order valence-corrected chi connectivity index (χ2v) is 4.87. The molecule has 1 heterocycles. The third kappa shape index (κ3) is 3.84. The van der Waals surface area contributed by atoms with Crippen molar-refractivity contribution in [3.8, 4) is 0 Å². The van der Waals surface area contributed by atoms with Crippen LogP contribution in [-0.4, -0.2) is 18.7 Å². The maximum absolute atomic E-state index is 11.2. The Kier molecular flexibility index (Phi) is 4.76. The van der Waals surface area contributed by atoms with E-state index in [9.17, 15) is 4.79 Å². The standard InChI is InChI=1S/C15H20O3/c1-12-7-8-15(16)18-14(12)9-10-17-11-13-5-3-2-4-6-13/h2-6,12,14H,7-11H2,1H3/t12-,14-/m1/s1. The van der Waals surface area contributed by atoms with Crippen LogP contribution in [0.1, 0.15) is 31.7 Å². The van der Waals surface area contributed by atoms with Crippen molar-refractivity contribution >= 4 is 5.97 Å². The predicted molar refractivity (Wildman–Crippen MR) is 69.0 cm³/mol. The number of hydrogen-bond acceptors (Lipinski definition) is 3. The first-order valence-electron chi connectivity index (χ1n) is 6.57. The van der Waals surface area contributed by atoms with Crippen molar-refractivity contribution in [3.05, 3.63) is 35.9 Å². The summed E-state index contributed by atoms with van der Waals surface area (Å²) in [6, 6.07) is 10.1. The molecule has 0 radical (unpaired) electrons. The van der Waals surface area contributed by atoms with Crippen LogP contribution in [0.5, 0.6) is 0 Å². The SMILES string of the molecule is C[C@@H]1CCC(=O)O[C@@H]1CCOCc1ccccc1. The summed E-state index contributed by atoms with van der Waals surface area (Å²) in [5, 5.41) is 0. The highest BCUT2D eigenvalue weighted by Gasteiger charge is 2.26. The van der Waals surface area contributed by atoms with Gasteiger partial charge in [-0.25, -0.2) is 0 Å². The number of esters is 1. The van der Waals surface area contributed by atoms with E-state index in [1.165, 1.54) is 5.56 Å². The van der Waals surface area contributed by atoms with Gasteiger partial charge in [-0.1, -0.05) is 37.3 Å². The van der Waals surface area contributed by atoms with Crippen LogP contribution >= 0.6 is 0 Å². The summed E-state index contributed by atoms with van der Waals surface area (Å²) in [6.07, 6.45) is 2.31. The number of carbonyl (C=O) groups is 1. The molecule has 98 valence electrons. The highest BCUT2D eigenvalue weighted by molar-refractivity contribution is 5.70. The van der Waals surface area contributed by atoms with Gasteiger partial charge < -0.3 is 9.47 Å². The molecule has 18 heavy (non-hydrogen) atoms. The predicted octanol–water partition coefficient (Wildman–Crippen LogP) is 2.94. The molecule has 0 amide bonds. The number of carbonyl (C=O) groups excluding carboxylic acids is 1. The molecule has 3 heteroatoms. The van der Waals surface area contributed by atoms with E-state index in [1.807, 2.05) is 30.3 Å². The fourth-order valence-electron chi connectivity index (χ4n) is 2.18. The Labute approximate surface area is 108 Å². The van der Waals surface area contributed by atoms with E-state index in [0.717, 1.165) is 12.8 Å². The van der Waals surface area contributed by atoms with Gasteiger partial charge in [-0.15, -0.1) is 0 Å². The van der Waals surface area contributed by atoms with Crippen molar-refractivity contribution in [2.24, 2.45) is 5.92 Å². The molecule has 0 aromatic heterocycles. The van der Waals surface area contributed by atoms with Gasteiger partial charge in [0, 0.05) is 12.8 Å². The lowest BCUT2D eigenvalue weighted by Gasteiger charge is -2.28. The van der Waals surface area contributed by atoms with Crippen LogP contribution in [0, 0.1) is 5.92 Å². The zero-order valence-electron chi connectivity index (χ0n) is 10.8. The minimum atomic E-state index is -0.0684. The minimum Gasteiger partial charge on any atom is -0.462 e. The second-order valence-electron chi connectivity index (χ2n) is 4.87. The number of cyclic esters (lactones) is 1. The fourth-order valence-corrected chi connectivity index (χ4v) is 2.18. The molecule has 3 nitrogen and oxygen atoms in total. The largest absolute Gasteiger partial charge is 0.462 e. The summed E-state index contributed by atoms with van der Waals surface area (Å²) in [5.41, 5.74) is 1.17. The molecule has 0 unspecified atom stereocenters. The van der Waals surface area contributed by atoms with Crippen LogP contribution in [-0.2, 0) is 20.9 Å². The number of benzene rings is 1. The summed E-state index contributed by atoms with van der Waals surface area (Å²) in [4.78, 5) is 11.2. The van der Waals surface area contributed by atoms with Gasteiger partial charge in [0.25, 0.3) is 0 Å². The molecule has 0 spiro atoms. The maximum atomic E-state index is 11.2. The second kappa shape index (κ2) is 6.55. The summed E-state index contributed by atoms with van der Waals surface area (Å²) in [7, 11) is 0. The summed E-state index contributed by atoms with van der Waals surface area (Å²) >= 11 is 0. The Morgan fingerprint density at radius 3 is 2.89 bits per heavy atom. The molecule has 1 aromatic rings. The molecular formula is C15H20O3. The normalized spacial score (nSPS) is 23.7. The van der Waals surface area contributed by atoms with E-state index in [0.29, 0.717) is 25.6 Å². The van der Waals surface area contributed by atoms with Crippen molar-refractivity contribution in [2.75, 3.05) is 6.61 Å². The lowest BCUT2D eigenvalue weighted by molar-refractivity contribution is -0.159. The van der Waals surface area contributed by atoms with Gasteiger partial charge in [0.2, 0.25) is 0 Å². The summed E-state index contributed by atoms with van der Waals surface area (Å²) in [6.45, 7) is 3.39. The minimum absolute atomic E-state index is 0.0297. The fraction of sp³-hybridized carbons (Fsp3) is 0.533. The van der Waals surface area contributed by atoms with E-state index in [4.69, 9.17) is 9.47 Å². The van der Waals surface area contributed by atoms with Gasteiger partial charge in [0.15, 0.2) is 0 Å². The van der Waals surface area contributed by atoms with Crippen LogP contribution in [0.15, 0.2) is 30.3 Å². The molecular weight excluding hydrogens is 228 g/mol. The molecule has 0 saturated carbocycles. The van der Waals surface area contributed by atoms with Gasteiger partial charge in [-0.05, 0) is 17.9 Å². The van der Waals surface area contributed by atoms with Crippen LogP contribution in [0.3, 0.4) is 0 Å². The lowest BCUT2D eigenvalue weighted by Crippen LogP contribution is -2.31. The van der Waals surface area contributed by atoms with Crippen molar-refractivity contribution in [3.63, 3.8) is 0 Å². The first-order valence-corrected chi connectivity index (χ1v) is 6.57. The van der Waals surface area contributed by atoms with Crippen LogP contribution in [0.25, 0.3) is 0 Å². The first kappa shape index (κ1) is 13.1. The molecule has 1 fully saturated rings. The molecule has 0 aliphatic carbocycles. The topological polar surface area (TPSA) is 35.5 Å². The van der Waals surface area contributed by atoms with Gasteiger partial charge in [0.05, 0.1) is 13.2 Å². The molecule has 1 aliphatic rings. The number of hydrogen-bond donors (Lipinski definition) is 0. The lowest BCUT2D eigenvalue weighted by atomic mass is 9.94. The highest BCUT2D eigenvalue weighted by Crippen LogP contribution is 2.23. The quantitative estimate of drug-likeness (QED) is 0.593. The van der Waals surface area contributed by atoms with E-state index < -0.39 is 0 Å². The molecule has 0 bridgehead atoms. The van der Waals surface area contributed by atoms with Crippen molar-refractivity contribution in [1.29, 1.82) is 0 Å². The van der Waals surface area contributed by atoms with E-state index in [1.54, 1.807) is 0 Å². The van der Waals surface area contributed by atoms with Crippen LogP contribution < -0.4 is 0 Å². The Morgan fingerprint density at radius 1 is 1.33 bits per heavy atom. The smallest absolute Gasteiger partial charge is 0.306 e. The van der Waals surface area contributed by atoms with Gasteiger partial charge in [-0.2, -0.15) is 0 Å². The molecule has 1 aliphatic heterocycles.